The summed E-state index contributed by atoms with van der Waals surface area (Å²) in [5, 5.41) is 5.35. The molecule has 9 nitrogen and oxygen atoms in total. The Labute approximate surface area is 225 Å². The van der Waals surface area contributed by atoms with Gasteiger partial charge in [-0.3, -0.25) is 19.7 Å². The molecule has 3 aromatic rings. The first-order valence-corrected chi connectivity index (χ1v) is 11.6. The molecule has 38 heavy (non-hydrogen) atoms. The third-order valence-electron chi connectivity index (χ3n) is 5.25. The van der Waals surface area contributed by atoms with Crippen LogP contribution in [0.3, 0.4) is 0 Å². The molecule has 0 radical (unpaired) electrons. The van der Waals surface area contributed by atoms with Gasteiger partial charge in [-0.25, -0.2) is 14.1 Å². The molecule has 0 aromatic heterocycles. The number of carbonyl (C=O) groups excluding carboxylic acids is 4. The predicted molar refractivity (Wildman–Crippen MR) is 139 cm³/mol. The number of halogens is 3. The van der Waals surface area contributed by atoms with E-state index in [0.717, 1.165) is 17.0 Å². The largest absolute Gasteiger partial charge is 0.493 e. The van der Waals surface area contributed by atoms with Crippen molar-refractivity contribution < 1.29 is 33.0 Å². The van der Waals surface area contributed by atoms with E-state index in [1.165, 1.54) is 49.6 Å². The van der Waals surface area contributed by atoms with E-state index in [1.807, 2.05) is 0 Å². The molecular formula is C26H18Cl2FN3O6. The minimum Gasteiger partial charge on any atom is -0.493 e. The number of rotatable bonds is 7. The standard InChI is InChI=1S/C26H18Cl2FN3O6/c1-37-22-11-14(2-9-21(22)38-13-23(33)30-16-5-8-19(27)20(28)12-16)10-18-24(34)31-26(36)32(25(18)35)17-6-3-15(29)4-7-17/h2-12H,13H2,1H3,(H,30,33)(H,31,34,36)/b18-10+. The molecule has 0 spiro atoms. The molecule has 4 rings (SSSR count). The van der Waals surface area contributed by atoms with Gasteiger partial charge in [0, 0.05) is 5.69 Å². The second-order valence-corrected chi connectivity index (χ2v) is 8.62. The Morgan fingerprint density at radius 1 is 1.00 bits per heavy atom. The zero-order chi connectivity index (χ0) is 27.4. The van der Waals surface area contributed by atoms with Crippen LogP contribution in [0.5, 0.6) is 11.5 Å². The summed E-state index contributed by atoms with van der Waals surface area (Å²) in [6.07, 6.45) is 1.27. The van der Waals surface area contributed by atoms with Crippen LogP contribution in [0, 0.1) is 5.82 Å². The van der Waals surface area contributed by atoms with Crippen molar-refractivity contribution in [2.45, 2.75) is 0 Å². The number of ether oxygens (including phenoxy) is 2. The normalized spacial score (nSPS) is 14.4. The van der Waals surface area contributed by atoms with Crippen molar-refractivity contribution in [3.05, 3.63) is 87.7 Å². The molecule has 0 saturated carbocycles. The Hall–Kier alpha value is -4.41. The van der Waals surface area contributed by atoms with E-state index < -0.39 is 29.6 Å². The molecular weight excluding hydrogens is 540 g/mol. The van der Waals surface area contributed by atoms with Crippen LogP contribution in [0.15, 0.2) is 66.2 Å². The van der Waals surface area contributed by atoms with Gasteiger partial charge in [-0.2, -0.15) is 0 Å². The lowest BCUT2D eigenvalue weighted by molar-refractivity contribution is -0.122. The van der Waals surface area contributed by atoms with Gasteiger partial charge in [0.05, 0.1) is 22.8 Å². The summed E-state index contributed by atoms with van der Waals surface area (Å²) in [6.45, 7) is -0.354. The summed E-state index contributed by atoms with van der Waals surface area (Å²) in [5.74, 6) is -2.35. The van der Waals surface area contributed by atoms with E-state index in [4.69, 9.17) is 32.7 Å². The maximum Gasteiger partial charge on any atom is 0.335 e. The van der Waals surface area contributed by atoms with Gasteiger partial charge in [0.25, 0.3) is 17.7 Å². The van der Waals surface area contributed by atoms with Crippen molar-refractivity contribution in [3.8, 4) is 11.5 Å². The Kier molecular flexibility index (Phi) is 7.94. The second-order valence-electron chi connectivity index (χ2n) is 7.81. The van der Waals surface area contributed by atoms with Crippen molar-refractivity contribution in [2.24, 2.45) is 0 Å². The van der Waals surface area contributed by atoms with Crippen LogP contribution in [-0.4, -0.2) is 37.5 Å². The summed E-state index contributed by atoms with van der Waals surface area (Å²) in [7, 11) is 1.38. The number of urea groups is 1. The molecule has 2 N–H and O–H groups in total. The maximum absolute atomic E-state index is 13.3. The Morgan fingerprint density at radius 2 is 1.74 bits per heavy atom. The van der Waals surface area contributed by atoms with E-state index in [-0.39, 0.29) is 34.4 Å². The highest BCUT2D eigenvalue weighted by Crippen LogP contribution is 2.30. The third kappa shape index (κ3) is 5.93. The molecule has 194 valence electrons. The van der Waals surface area contributed by atoms with E-state index in [1.54, 1.807) is 12.1 Å². The highest BCUT2D eigenvalue weighted by Gasteiger charge is 2.36. The summed E-state index contributed by atoms with van der Waals surface area (Å²) in [5.41, 5.74) is 0.574. The number of nitrogens with zero attached hydrogens (tertiary/aromatic N) is 1. The minimum absolute atomic E-state index is 0.0905. The summed E-state index contributed by atoms with van der Waals surface area (Å²) < 4.78 is 24.2. The van der Waals surface area contributed by atoms with Gasteiger partial charge in [-0.05, 0) is 66.2 Å². The number of nitrogens with one attached hydrogen (secondary N) is 2. The fourth-order valence-electron chi connectivity index (χ4n) is 3.46. The van der Waals surface area contributed by atoms with E-state index in [0.29, 0.717) is 16.3 Å². The van der Waals surface area contributed by atoms with Crippen molar-refractivity contribution in [3.63, 3.8) is 0 Å². The molecule has 0 unspecified atom stereocenters. The van der Waals surface area contributed by atoms with E-state index in [9.17, 15) is 23.6 Å². The number of benzene rings is 3. The lowest BCUT2D eigenvalue weighted by atomic mass is 10.1. The first-order chi connectivity index (χ1) is 18.2. The topological polar surface area (TPSA) is 114 Å². The number of hydrogen-bond acceptors (Lipinski definition) is 6. The van der Waals surface area contributed by atoms with Gasteiger partial charge >= 0.3 is 6.03 Å². The van der Waals surface area contributed by atoms with Gasteiger partial charge in [-0.1, -0.05) is 29.3 Å². The maximum atomic E-state index is 13.3. The van der Waals surface area contributed by atoms with E-state index in [2.05, 4.69) is 10.6 Å². The Balaban J connectivity index is 1.50. The van der Waals surface area contributed by atoms with Gasteiger partial charge in [0.15, 0.2) is 18.1 Å². The average molecular weight is 558 g/mol. The molecule has 1 aliphatic heterocycles. The molecule has 3 aromatic carbocycles. The molecule has 0 aliphatic carbocycles. The first-order valence-electron chi connectivity index (χ1n) is 10.9. The monoisotopic (exact) mass is 557 g/mol. The van der Waals surface area contributed by atoms with Gasteiger partial charge in [-0.15, -0.1) is 0 Å². The number of carbonyl (C=O) groups is 4. The first kappa shape index (κ1) is 26.6. The molecule has 1 saturated heterocycles. The fraction of sp³-hybridized carbons (Fsp3) is 0.0769. The lowest BCUT2D eigenvalue weighted by Gasteiger charge is -2.26. The molecule has 5 amide bonds. The molecule has 1 heterocycles. The lowest BCUT2D eigenvalue weighted by Crippen LogP contribution is -2.54. The highest BCUT2D eigenvalue weighted by atomic mass is 35.5. The number of imide groups is 2. The van der Waals surface area contributed by atoms with Crippen LogP contribution >= 0.6 is 23.2 Å². The zero-order valence-corrected chi connectivity index (χ0v) is 21.1. The number of anilines is 2. The van der Waals surface area contributed by atoms with Crippen LogP contribution in [0.2, 0.25) is 10.0 Å². The molecule has 1 fully saturated rings. The number of amides is 5. The van der Waals surface area contributed by atoms with E-state index >= 15 is 0 Å². The molecule has 1 aliphatic rings. The van der Waals surface area contributed by atoms with Crippen LogP contribution < -0.4 is 25.0 Å². The SMILES string of the molecule is COc1cc(/C=C2\C(=O)NC(=O)N(c3ccc(F)cc3)C2=O)ccc1OCC(=O)Nc1ccc(Cl)c(Cl)c1. The number of hydrogen-bond donors (Lipinski definition) is 2. The fourth-order valence-corrected chi connectivity index (χ4v) is 3.75. The summed E-state index contributed by atoms with van der Waals surface area (Å²) in [6, 6.07) is 12.8. The van der Waals surface area contributed by atoms with Gasteiger partial charge in [0.2, 0.25) is 0 Å². The number of barbiturate groups is 1. The van der Waals surface area contributed by atoms with Crippen LogP contribution in [0.1, 0.15) is 5.56 Å². The predicted octanol–water partition coefficient (Wildman–Crippen LogP) is 4.83. The van der Waals surface area contributed by atoms with Crippen molar-refractivity contribution >= 4 is 64.4 Å². The molecule has 12 heteroatoms. The number of methoxy groups -OCH3 is 1. The highest BCUT2D eigenvalue weighted by molar-refractivity contribution is 6.42. The average Bonchev–Trinajstić information content (AvgIpc) is 2.88. The van der Waals surface area contributed by atoms with Crippen LogP contribution in [-0.2, 0) is 14.4 Å². The Bertz CT molecular complexity index is 1480. The molecule has 0 atom stereocenters. The minimum atomic E-state index is -0.954. The second kappa shape index (κ2) is 11.3. The smallest absolute Gasteiger partial charge is 0.335 e. The third-order valence-corrected chi connectivity index (χ3v) is 5.99. The van der Waals surface area contributed by atoms with Crippen molar-refractivity contribution in [1.29, 1.82) is 0 Å². The summed E-state index contributed by atoms with van der Waals surface area (Å²) >= 11 is 11.8. The van der Waals surface area contributed by atoms with Gasteiger partial charge < -0.3 is 14.8 Å². The Morgan fingerprint density at radius 3 is 2.42 bits per heavy atom. The van der Waals surface area contributed by atoms with Crippen molar-refractivity contribution in [1.82, 2.24) is 5.32 Å². The van der Waals surface area contributed by atoms with Crippen LogP contribution in [0.4, 0.5) is 20.6 Å². The molecule has 0 bridgehead atoms. The summed E-state index contributed by atoms with van der Waals surface area (Å²) in [4.78, 5) is 50.7. The van der Waals surface area contributed by atoms with Gasteiger partial charge in [0.1, 0.15) is 11.4 Å². The van der Waals surface area contributed by atoms with Crippen molar-refractivity contribution in [2.75, 3.05) is 23.9 Å². The zero-order valence-electron chi connectivity index (χ0n) is 19.6. The quantitative estimate of drug-likeness (QED) is 0.318. The van der Waals surface area contributed by atoms with Crippen LogP contribution in [0.25, 0.3) is 6.08 Å².